The van der Waals surface area contributed by atoms with Crippen LogP contribution in [0.4, 0.5) is 0 Å². The van der Waals surface area contributed by atoms with E-state index in [0.29, 0.717) is 11.7 Å². The fourth-order valence-electron chi connectivity index (χ4n) is 2.82. The molecule has 0 fully saturated rings. The largest absolute Gasteiger partial charge is 0.334 e. The molecule has 0 saturated carbocycles. The molecule has 1 aromatic carbocycles. The third-order valence-electron chi connectivity index (χ3n) is 4.44. The molecule has 3 heterocycles. The Balaban J connectivity index is 1.63. The number of benzene rings is 1. The van der Waals surface area contributed by atoms with Crippen LogP contribution in [0, 0.1) is 13.8 Å². The maximum atomic E-state index is 12.0. The Morgan fingerprint density at radius 3 is 2.78 bits per heavy atom. The van der Waals surface area contributed by atoms with Crippen LogP contribution in [0.2, 0.25) is 0 Å². The molecule has 0 radical (unpaired) electrons. The predicted octanol–water partition coefficient (Wildman–Crippen LogP) is 2.74. The minimum absolute atomic E-state index is 0.187. The number of nitrogens with zero attached hydrogens (tertiary/aromatic N) is 5. The summed E-state index contributed by atoms with van der Waals surface area (Å²) in [5.74, 6) is 0.856. The van der Waals surface area contributed by atoms with Crippen molar-refractivity contribution in [3.05, 3.63) is 70.0 Å². The highest BCUT2D eigenvalue weighted by Crippen LogP contribution is 2.20. The first kappa shape index (κ1) is 16.8. The lowest BCUT2D eigenvalue weighted by atomic mass is 10.2. The Hall–Kier alpha value is -3.68. The van der Waals surface area contributed by atoms with Gasteiger partial charge in [0, 0.05) is 41.8 Å². The van der Waals surface area contributed by atoms with Crippen molar-refractivity contribution >= 4 is 12.2 Å². The Kier molecular flexibility index (Phi) is 4.08. The molecule has 4 aromatic rings. The monoisotopic (exact) mass is 362 g/mol. The number of hydrogen-bond acceptors (Lipinski definition) is 5. The minimum Gasteiger partial charge on any atom is -0.334 e. The van der Waals surface area contributed by atoms with Crippen molar-refractivity contribution in [2.24, 2.45) is 7.05 Å². The number of aromatic amines is 1. The molecule has 0 atom stereocenters. The molecule has 0 spiro atoms. The van der Waals surface area contributed by atoms with Gasteiger partial charge in [0.15, 0.2) is 0 Å². The van der Waals surface area contributed by atoms with Crippen molar-refractivity contribution in [1.82, 2.24) is 29.5 Å². The molecule has 136 valence electrons. The van der Waals surface area contributed by atoms with Crippen molar-refractivity contribution in [3.63, 3.8) is 0 Å². The van der Waals surface area contributed by atoms with Gasteiger partial charge in [0.05, 0.1) is 11.9 Å². The van der Waals surface area contributed by atoms with Crippen molar-refractivity contribution in [3.8, 4) is 17.1 Å². The first-order chi connectivity index (χ1) is 13.0. The third-order valence-corrected chi connectivity index (χ3v) is 4.44. The van der Waals surface area contributed by atoms with Gasteiger partial charge < -0.3 is 9.51 Å². The zero-order chi connectivity index (χ0) is 19.0. The summed E-state index contributed by atoms with van der Waals surface area (Å²) >= 11 is 0. The average Bonchev–Trinajstić information content (AvgIpc) is 3.35. The van der Waals surface area contributed by atoms with E-state index in [9.17, 15) is 4.79 Å². The summed E-state index contributed by atoms with van der Waals surface area (Å²) in [5.41, 5.74) is 4.17. The molecule has 0 aliphatic heterocycles. The van der Waals surface area contributed by atoms with E-state index in [2.05, 4.69) is 20.2 Å². The Morgan fingerprint density at radius 2 is 2.07 bits per heavy atom. The fourth-order valence-corrected chi connectivity index (χ4v) is 2.82. The van der Waals surface area contributed by atoms with Crippen LogP contribution >= 0.6 is 0 Å². The number of aryl methyl sites for hydroxylation is 2. The molecule has 3 aromatic heterocycles. The maximum Gasteiger partial charge on any atom is 0.330 e. The molecular formula is C19H18N6O2. The van der Waals surface area contributed by atoms with Gasteiger partial charge in [-0.05, 0) is 32.1 Å². The SMILES string of the molecule is Cc1c(/C=C/c2nc(-c3cccc(-n4c(C)c[nH]c4=O)c3)no2)cnn1C. The van der Waals surface area contributed by atoms with Crippen LogP contribution in [0.3, 0.4) is 0 Å². The predicted molar refractivity (Wildman–Crippen MR) is 101 cm³/mol. The van der Waals surface area contributed by atoms with Gasteiger partial charge in [-0.15, -0.1) is 0 Å². The van der Waals surface area contributed by atoms with Crippen molar-refractivity contribution in [2.75, 3.05) is 0 Å². The molecule has 4 rings (SSSR count). The number of aromatic nitrogens is 6. The van der Waals surface area contributed by atoms with Gasteiger partial charge in [-0.25, -0.2) is 4.79 Å². The van der Waals surface area contributed by atoms with Crippen LogP contribution in [-0.2, 0) is 7.05 Å². The van der Waals surface area contributed by atoms with Crippen molar-refractivity contribution in [1.29, 1.82) is 0 Å². The molecule has 0 bridgehead atoms. The second-order valence-corrected chi connectivity index (χ2v) is 6.22. The van der Waals surface area contributed by atoms with Crippen LogP contribution in [-0.4, -0.2) is 29.5 Å². The zero-order valence-corrected chi connectivity index (χ0v) is 15.2. The van der Waals surface area contributed by atoms with E-state index in [1.807, 2.05) is 51.2 Å². The summed E-state index contributed by atoms with van der Waals surface area (Å²) in [6, 6.07) is 7.44. The first-order valence-corrected chi connectivity index (χ1v) is 8.41. The fraction of sp³-hybridized carbons (Fsp3) is 0.158. The van der Waals surface area contributed by atoms with Crippen molar-refractivity contribution in [2.45, 2.75) is 13.8 Å². The van der Waals surface area contributed by atoms with Crippen LogP contribution < -0.4 is 5.69 Å². The third kappa shape index (κ3) is 3.12. The van der Waals surface area contributed by atoms with Gasteiger partial charge in [0.25, 0.3) is 5.89 Å². The van der Waals surface area contributed by atoms with Crippen molar-refractivity contribution < 1.29 is 4.52 Å². The van der Waals surface area contributed by atoms with E-state index < -0.39 is 0 Å². The van der Waals surface area contributed by atoms with Gasteiger partial charge >= 0.3 is 5.69 Å². The number of nitrogens with one attached hydrogen (secondary N) is 1. The Bertz CT molecular complexity index is 1190. The molecule has 0 aliphatic carbocycles. The standard InChI is InChI=1S/C19H18N6O2/c1-12-10-20-19(26)25(12)16-6-4-5-14(9-16)18-22-17(27-23-18)8-7-15-11-21-24(3)13(15)2/h4-11H,1-3H3,(H,20,26)/b8-7+. The summed E-state index contributed by atoms with van der Waals surface area (Å²) in [5, 5.41) is 8.24. The van der Waals surface area contributed by atoms with E-state index >= 15 is 0 Å². The molecule has 0 aliphatic rings. The quantitative estimate of drug-likeness (QED) is 0.602. The lowest BCUT2D eigenvalue weighted by Gasteiger charge is -2.04. The van der Waals surface area contributed by atoms with Crippen LogP contribution in [0.5, 0.6) is 0 Å². The number of hydrogen-bond donors (Lipinski definition) is 1. The highest BCUT2D eigenvalue weighted by atomic mass is 16.5. The maximum absolute atomic E-state index is 12.0. The Labute approximate surface area is 154 Å². The summed E-state index contributed by atoms with van der Waals surface area (Å²) in [4.78, 5) is 19.1. The van der Waals surface area contributed by atoms with Crippen LogP contribution in [0.1, 0.15) is 22.8 Å². The number of imidazole rings is 1. The Morgan fingerprint density at radius 1 is 1.22 bits per heavy atom. The lowest BCUT2D eigenvalue weighted by Crippen LogP contribution is -2.15. The zero-order valence-electron chi connectivity index (χ0n) is 15.2. The first-order valence-electron chi connectivity index (χ1n) is 8.41. The van der Waals surface area contributed by atoms with Gasteiger partial charge in [-0.3, -0.25) is 9.25 Å². The van der Waals surface area contributed by atoms with E-state index in [1.165, 1.54) is 0 Å². The molecule has 0 saturated heterocycles. The lowest BCUT2D eigenvalue weighted by molar-refractivity contribution is 0.411. The number of H-pyrrole nitrogens is 1. The molecule has 8 heteroatoms. The van der Waals surface area contributed by atoms with E-state index in [1.54, 1.807) is 27.7 Å². The molecule has 8 nitrogen and oxygen atoms in total. The van der Waals surface area contributed by atoms with Crippen LogP contribution in [0.25, 0.3) is 29.2 Å². The van der Waals surface area contributed by atoms with Gasteiger partial charge in [0.1, 0.15) is 0 Å². The number of rotatable bonds is 4. The average molecular weight is 362 g/mol. The second kappa shape index (κ2) is 6.56. The second-order valence-electron chi connectivity index (χ2n) is 6.22. The van der Waals surface area contributed by atoms with E-state index in [-0.39, 0.29) is 5.69 Å². The molecular weight excluding hydrogens is 344 g/mol. The topological polar surface area (TPSA) is 94.5 Å². The summed E-state index contributed by atoms with van der Waals surface area (Å²) < 4.78 is 8.71. The summed E-state index contributed by atoms with van der Waals surface area (Å²) in [6.45, 7) is 3.85. The van der Waals surface area contributed by atoms with Gasteiger partial charge in [-0.1, -0.05) is 17.3 Å². The molecule has 0 unspecified atom stereocenters. The summed E-state index contributed by atoms with van der Waals surface area (Å²) in [7, 11) is 1.89. The molecule has 27 heavy (non-hydrogen) atoms. The highest BCUT2D eigenvalue weighted by Gasteiger charge is 2.10. The van der Waals surface area contributed by atoms with Crippen LogP contribution in [0.15, 0.2) is 46.0 Å². The minimum atomic E-state index is -0.187. The van der Waals surface area contributed by atoms with Gasteiger partial charge in [0.2, 0.25) is 5.82 Å². The molecule has 0 amide bonds. The summed E-state index contributed by atoms with van der Waals surface area (Å²) in [6.07, 6.45) is 7.10. The van der Waals surface area contributed by atoms with E-state index in [0.717, 1.165) is 28.2 Å². The highest BCUT2D eigenvalue weighted by molar-refractivity contribution is 5.68. The van der Waals surface area contributed by atoms with E-state index in [4.69, 9.17) is 4.52 Å². The smallest absolute Gasteiger partial charge is 0.330 e. The van der Waals surface area contributed by atoms with Gasteiger partial charge in [-0.2, -0.15) is 10.1 Å². The normalized spacial score (nSPS) is 11.5. The molecule has 1 N–H and O–H groups in total.